The van der Waals surface area contributed by atoms with Gasteiger partial charge < -0.3 is 4.53 Å². The van der Waals surface area contributed by atoms with Gasteiger partial charge in [-0.05, 0) is 30.0 Å². The lowest BCUT2D eigenvalue weighted by Gasteiger charge is -2.15. The number of rotatable bonds is 4. The molecule has 90 valence electrons. The van der Waals surface area contributed by atoms with Crippen LogP contribution < -0.4 is 9.37 Å². The third-order valence-electron chi connectivity index (χ3n) is 2.21. The number of hydrogen-bond donors (Lipinski definition) is 0. The van der Waals surface area contributed by atoms with Crippen molar-refractivity contribution in [1.29, 1.82) is 0 Å². The van der Waals surface area contributed by atoms with Crippen molar-refractivity contribution in [2.75, 3.05) is 0 Å². The van der Waals surface area contributed by atoms with Gasteiger partial charge >= 0.3 is 8.32 Å². The molecule has 0 fully saturated rings. The molecule has 0 bridgehead atoms. The van der Waals surface area contributed by atoms with E-state index in [1.165, 1.54) is 5.56 Å². The van der Waals surface area contributed by atoms with Gasteiger partial charge in [0.2, 0.25) is 0 Å². The summed E-state index contributed by atoms with van der Waals surface area (Å²) < 4.78 is 7.93. The van der Waals surface area contributed by atoms with Crippen molar-refractivity contribution in [3.8, 4) is 0 Å². The predicted molar refractivity (Wildman–Crippen MR) is 68.9 cm³/mol. The van der Waals surface area contributed by atoms with E-state index in [0.717, 1.165) is 6.54 Å². The molecule has 0 N–H and O–H groups in total. The first-order valence-electron chi connectivity index (χ1n) is 5.77. The maximum Gasteiger partial charge on any atom is 0.338 e. The Balaban J connectivity index is 2.15. The second-order valence-corrected chi connectivity index (χ2v) is 9.41. The van der Waals surface area contributed by atoms with Crippen LogP contribution in [0.4, 0.5) is 0 Å². The van der Waals surface area contributed by atoms with Crippen LogP contribution in [-0.4, -0.2) is 13.0 Å². The zero-order valence-electron chi connectivity index (χ0n) is 10.6. The first kappa shape index (κ1) is 11.9. The predicted octanol–water partition coefficient (Wildman–Crippen LogP) is 1.89. The van der Waals surface area contributed by atoms with E-state index in [2.05, 4.69) is 38.0 Å². The molecule has 1 heterocycles. The molecule has 4 heteroatoms. The minimum Gasteiger partial charge on any atom is -0.337 e. The first-order chi connectivity index (χ1) is 8.04. The van der Waals surface area contributed by atoms with Crippen LogP contribution >= 0.6 is 0 Å². The minimum absolute atomic E-state index is 0.800. The van der Waals surface area contributed by atoms with E-state index < -0.39 is 8.32 Å². The molecule has 0 amide bonds. The van der Waals surface area contributed by atoms with Crippen molar-refractivity contribution < 1.29 is 9.37 Å². The molecule has 0 saturated heterocycles. The van der Waals surface area contributed by atoms with E-state index in [0.29, 0.717) is 0 Å². The lowest BCUT2D eigenvalue weighted by Crippen LogP contribution is -2.59. The Morgan fingerprint density at radius 1 is 1.24 bits per heavy atom. The molecule has 1 aromatic heterocycles. The summed E-state index contributed by atoms with van der Waals surface area (Å²) >= 11 is 0. The fourth-order valence-corrected chi connectivity index (χ4v) is 2.22. The molecule has 3 nitrogen and oxygen atoms in total. The van der Waals surface area contributed by atoms with Crippen LogP contribution in [0.1, 0.15) is 5.56 Å². The number of nitrogens with zero attached hydrogens (tertiary/aromatic N) is 2. The average Bonchev–Trinajstić information content (AvgIpc) is 2.65. The molecule has 0 aliphatic carbocycles. The normalized spacial score (nSPS) is 11.5. The Bertz CT molecular complexity index is 474. The Labute approximate surface area is 103 Å². The summed E-state index contributed by atoms with van der Waals surface area (Å²) in [6, 6.07) is 12.2. The second-order valence-electron chi connectivity index (χ2n) is 5.00. The van der Waals surface area contributed by atoms with Crippen LogP contribution in [0.15, 0.2) is 42.6 Å². The monoisotopic (exact) mass is 246 g/mol. The Morgan fingerprint density at radius 3 is 2.59 bits per heavy atom. The zero-order chi connectivity index (χ0) is 12.3. The van der Waals surface area contributed by atoms with Crippen molar-refractivity contribution in [1.82, 2.24) is 4.68 Å². The Hall–Kier alpha value is -1.55. The van der Waals surface area contributed by atoms with Crippen LogP contribution in [0.2, 0.25) is 19.6 Å². The molecule has 2 rings (SSSR count). The average molecular weight is 246 g/mol. The minimum atomic E-state index is -1.60. The lowest BCUT2D eigenvalue weighted by atomic mass is 10.2. The molecule has 0 spiro atoms. The summed E-state index contributed by atoms with van der Waals surface area (Å²) in [5.74, 6) is 0. The smallest absolute Gasteiger partial charge is 0.337 e. The van der Waals surface area contributed by atoms with E-state index in [1.807, 2.05) is 35.1 Å². The summed E-state index contributed by atoms with van der Waals surface area (Å²) in [5.41, 5.74) is 1.25. The Kier molecular flexibility index (Phi) is 3.33. The maximum absolute atomic E-state index is 5.91. The molecule has 1 aromatic carbocycles. The molecule has 0 unspecified atom stereocenters. The summed E-state index contributed by atoms with van der Waals surface area (Å²) in [4.78, 5) is 1.72. The fraction of sp³-hybridized carbons (Fsp3) is 0.308. The molecule has 0 aliphatic heterocycles. The molecule has 0 radical (unpaired) electrons. The number of aromatic nitrogens is 2. The van der Waals surface area contributed by atoms with Gasteiger partial charge in [0.05, 0.1) is 6.54 Å². The third kappa shape index (κ3) is 3.46. The van der Waals surface area contributed by atoms with Gasteiger partial charge in [0.25, 0.3) is 0 Å². The summed E-state index contributed by atoms with van der Waals surface area (Å²) in [5, 5.41) is 0. The quantitative estimate of drug-likeness (QED) is 0.458. The van der Waals surface area contributed by atoms with Crippen LogP contribution in [0.3, 0.4) is 0 Å². The van der Waals surface area contributed by atoms with E-state index in [9.17, 15) is 0 Å². The van der Waals surface area contributed by atoms with Gasteiger partial charge in [0, 0.05) is 0 Å². The van der Waals surface area contributed by atoms with E-state index >= 15 is 0 Å². The number of benzene rings is 1. The highest BCUT2D eigenvalue weighted by molar-refractivity contribution is 6.69. The number of hydrogen-bond acceptors (Lipinski definition) is 1. The van der Waals surface area contributed by atoms with Gasteiger partial charge in [-0.2, -0.15) is 0 Å². The fourth-order valence-electron chi connectivity index (χ4n) is 1.54. The SMILES string of the molecule is C[Si](C)(C)O[n+]1[c-]ccn1Cc1ccccc1. The molecular formula is C13H18N2OSi. The van der Waals surface area contributed by atoms with Crippen molar-refractivity contribution in [2.24, 2.45) is 0 Å². The molecule has 0 saturated carbocycles. The summed E-state index contributed by atoms with van der Waals surface area (Å²) in [7, 11) is -1.60. The van der Waals surface area contributed by atoms with Crippen molar-refractivity contribution >= 4 is 8.32 Å². The molecule has 2 aromatic rings. The van der Waals surface area contributed by atoms with Crippen molar-refractivity contribution in [3.05, 3.63) is 54.4 Å². The molecule has 0 aliphatic rings. The molecule has 17 heavy (non-hydrogen) atoms. The third-order valence-corrected chi connectivity index (χ3v) is 2.93. The van der Waals surface area contributed by atoms with Crippen LogP contribution in [0.25, 0.3) is 0 Å². The van der Waals surface area contributed by atoms with Crippen molar-refractivity contribution in [3.63, 3.8) is 0 Å². The molecule has 0 atom stereocenters. The van der Waals surface area contributed by atoms with Gasteiger partial charge in [-0.15, -0.1) is 6.07 Å². The van der Waals surface area contributed by atoms with Crippen LogP contribution in [-0.2, 0) is 6.54 Å². The van der Waals surface area contributed by atoms with E-state index in [1.54, 1.807) is 4.85 Å². The highest BCUT2D eigenvalue weighted by Gasteiger charge is 2.23. The van der Waals surface area contributed by atoms with Crippen molar-refractivity contribution in [2.45, 2.75) is 26.2 Å². The topological polar surface area (TPSA) is 18.0 Å². The van der Waals surface area contributed by atoms with Gasteiger partial charge in [-0.25, -0.2) is 4.68 Å². The Morgan fingerprint density at radius 2 is 1.94 bits per heavy atom. The summed E-state index contributed by atoms with van der Waals surface area (Å²) in [6.07, 6.45) is 5.05. The maximum atomic E-state index is 5.91. The lowest BCUT2D eigenvalue weighted by molar-refractivity contribution is -0.928. The van der Waals surface area contributed by atoms with Crippen LogP contribution in [0, 0.1) is 6.20 Å². The standard InChI is InChI=1S/C13H18N2OSi/c1-17(2,3)16-15-11-7-10-14(15)12-13-8-5-4-6-9-13/h4-10H,12H2,1-3H3. The largest absolute Gasteiger partial charge is 0.338 e. The highest BCUT2D eigenvalue weighted by atomic mass is 28.4. The second kappa shape index (κ2) is 4.75. The first-order valence-corrected chi connectivity index (χ1v) is 9.18. The highest BCUT2D eigenvalue weighted by Crippen LogP contribution is 2.01. The van der Waals surface area contributed by atoms with Gasteiger partial charge in [-0.3, -0.25) is 0 Å². The van der Waals surface area contributed by atoms with Gasteiger partial charge in [-0.1, -0.05) is 36.5 Å². The summed E-state index contributed by atoms with van der Waals surface area (Å²) in [6.45, 7) is 7.28. The van der Waals surface area contributed by atoms with Crippen LogP contribution in [0.5, 0.6) is 0 Å². The van der Waals surface area contributed by atoms with E-state index in [-0.39, 0.29) is 0 Å². The zero-order valence-corrected chi connectivity index (χ0v) is 11.6. The van der Waals surface area contributed by atoms with E-state index in [4.69, 9.17) is 4.53 Å². The van der Waals surface area contributed by atoms with Gasteiger partial charge in [0.1, 0.15) is 6.20 Å². The molecular weight excluding hydrogens is 228 g/mol. The van der Waals surface area contributed by atoms with Gasteiger partial charge in [0.15, 0.2) is 0 Å².